The Morgan fingerprint density at radius 3 is 0.630 bits per heavy atom. The van der Waals surface area contributed by atoms with E-state index in [0.717, 1.165) is 102 Å². The molecule has 0 aromatic rings. The molecule has 0 bridgehead atoms. The van der Waals surface area contributed by atoms with E-state index < -0.39 is 97.5 Å². The van der Waals surface area contributed by atoms with Crippen LogP contribution in [-0.4, -0.2) is 96.7 Å². The van der Waals surface area contributed by atoms with Crippen molar-refractivity contribution in [3.63, 3.8) is 0 Å². The van der Waals surface area contributed by atoms with Crippen molar-refractivity contribution in [3.05, 3.63) is 0 Å². The van der Waals surface area contributed by atoms with Crippen LogP contribution in [0.4, 0.5) is 0 Å². The summed E-state index contributed by atoms with van der Waals surface area (Å²) in [5.41, 5.74) is 0. The molecule has 0 saturated heterocycles. The minimum Gasteiger partial charge on any atom is -0.462 e. The molecule has 0 aliphatic carbocycles. The van der Waals surface area contributed by atoms with E-state index in [4.69, 9.17) is 37.0 Å². The summed E-state index contributed by atoms with van der Waals surface area (Å²) in [5, 5.41) is 10.7. The van der Waals surface area contributed by atoms with Crippen molar-refractivity contribution in [2.75, 3.05) is 39.6 Å². The third kappa shape index (κ3) is 82.1. The van der Waals surface area contributed by atoms with Crippen LogP contribution in [0.15, 0.2) is 0 Å². The summed E-state index contributed by atoms with van der Waals surface area (Å²) in [6.07, 6.45) is 73.8. The number of hydrogen-bond acceptors (Lipinski definition) is 15. The molecule has 2 unspecified atom stereocenters. The monoisotopic (exact) mass is 1580 g/mol. The molecule has 0 saturated carbocycles. The van der Waals surface area contributed by atoms with Gasteiger partial charge < -0.3 is 33.8 Å². The van der Waals surface area contributed by atoms with Gasteiger partial charge in [-0.2, -0.15) is 0 Å². The molecule has 0 heterocycles. The van der Waals surface area contributed by atoms with Crippen molar-refractivity contribution in [1.82, 2.24) is 0 Å². The van der Waals surface area contributed by atoms with E-state index in [9.17, 15) is 43.2 Å². The summed E-state index contributed by atoms with van der Waals surface area (Å²) < 4.78 is 69.0. The third-order valence-corrected chi connectivity index (χ3v) is 22.9. The Morgan fingerprint density at radius 1 is 0.250 bits per heavy atom. The van der Waals surface area contributed by atoms with E-state index in [1.165, 1.54) is 295 Å². The Hall–Kier alpha value is -1.94. The first kappa shape index (κ1) is 106. The highest BCUT2D eigenvalue weighted by Crippen LogP contribution is 2.45. The van der Waals surface area contributed by atoms with Gasteiger partial charge in [-0.3, -0.25) is 37.3 Å². The van der Waals surface area contributed by atoms with Gasteiger partial charge in [0.1, 0.15) is 19.3 Å². The van der Waals surface area contributed by atoms with Crippen LogP contribution in [0, 0.1) is 11.8 Å². The number of hydrogen-bond donors (Lipinski definition) is 3. The summed E-state index contributed by atoms with van der Waals surface area (Å²) in [7, 11) is -9.93. The molecule has 0 aromatic carbocycles. The van der Waals surface area contributed by atoms with Crippen LogP contribution in [0.25, 0.3) is 0 Å². The SMILES string of the molecule is CCCCCCCCCCCCCCCCCCCCCCCCC(=O)O[C@H](COC(=O)CCCCCCCCCCCCCCCCCCCCCC)COP(=O)(O)OC[C@@H](O)COP(=O)(O)OC[C@@H](COC(=O)CCCCCCCCCCCC(C)C)OC(=O)CCCCCCCCCCCCCC(C)C. The van der Waals surface area contributed by atoms with E-state index in [2.05, 4.69) is 41.5 Å². The van der Waals surface area contributed by atoms with Crippen molar-refractivity contribution in [1.29, 1.82) is 0 Å². The molecule has 0 spiro atoms. The summed E-state index contributed by atoms with van der Waals surface area (Å²) in [6, 6.07) is 0. The van der Waals surface area contributed by atoms with Gasteiger partial charge in [0.15, 0.2) is 12.2 Å². The zero-order valence-corrected chi connectivity index (χ0v) is 73.0. The zero-order chi connectivity index (χ0) is 79.2. The maximum atomic E-state index is 13.2. The van der Waals surface area contributed by atoms with Gasteiger partial charge >= 0.3 is 39.5 Å². The van der Waals surface area contributed by atoms with Gasteiger partial charge in [0.25, 0.3) is 0 Å². The molecule has 19 heteroatoms. The third-order valence-electron chi connectivity index (χ3n) is 21.0. The molecule has 0 aromatic heterocycles. The smallest absolute Gasteiger partial charge is 0.462 e. The molecule has 5 atom stereocenters. The van der Waals surface area contributed by atoms with Crippen molar-refractivity contribution in [2.24, 2.45) is 11.8 Å². The molecule has 0 radical (unpaired) electrons. The fraction of sp³-hybridized carbons (Fsp3) is 0.955. The summed E-state index contributed by atoms with van der Waals surface area (Å²) in [5.74, 6) is -0.592. The predicted octanol–water partition coefficient (Wildman–Crippen LogP) is 27.4. The van der Waals surface area contributed by atoms with Gasteiger partial charge in [0.05, 0.1) is 26.4 Å². The Bertz CT molecular complexity index is 2060. The lowest BCUT2D eigenvalue weighted by atomic mass is 10.0. The lowest BCUT2D eigenvalue weighted by molar-refractivity contribution is -0.161. The van der Waals surface area contributed by atoms with Gasteiger partial charge in [-0.15, -0.1) is 0 Å². The highest BCUT2D eigenvalue weighted by Gasteiger charge is 2.31. The first-order valence-electron chi connectivity index (χ1n) is 46.0. The molecule has 0 aliphatic rings. The van der Waals surface area contributed by atoms with Crippen LogP contribution in [0.2, 0.25) is 0 Å². The van der Waals surface area contributed by atoms with Crippen LogP contribution in [0.5, 0.6) is 0 Å². The number of phosphoric ester groups is 2. The second-order valence-electron chi connectivity index (χ2n) is 32.9. The largest absolute Gasteiger partial charge is 0.472 e. The van der Waals surface area contributed by atoms with Crippen molar-refractivity contribution >= 4 is 39.5 Å². The standard InChI is InChI=1S/C89H174O17P2/c1-7-9-11-13-15-17-19-21-23-25-27-29-30-32-34-36-38-42-48-55-61-67-73-88(93)105-84(77-99-86(91)71-65-59-53-47-41-37-35-33-31-28-26-24-22-20-18-16-14-12-10-8-2)79-103-107(95,96)101-75-83(90)76-102-108(97,98)104-80-85(78-100-87(92)72-66-60-54-50-44-46-52-58-64-70-82(5)6)106-89(94)74-68-62-56-49-43-39-40-45-51-57-63-69-81(3)4/h81-85,90H,7-80H2,1-6H3,(H,95,96)(H,97,98)/t83-,84-,85-/m1/s1. The molecule has 108 heavy (non-hydrogen) atoms. The lowest BCUT2D eigenvalue weighted by Crippen LogP contribution is -2.30. The molecule has 3 N–H and O–H groups in total. The van der Waals surface area contributed by atoms with Crippen molar-refractivity contribution in [3.8, 4) is 0 Å². The predicted molar refractivity (Wildman–Crippen MR) is 446 cm³/mol. The molecule has 0 rings (SSSR count). The average molecular weight is 1580 g/mol. The van der Waals surface area contributed by atoms with Gasteiger partial charge in [-0.05, 0) is 37.5 Å². The summed E-state index contributed by atoms with van der Waals surface area (Å²) in [4.78, 5) is 73.3. The maximum Gasteiger partial charge on any atom is 0.472 e. The molecular formula is C89H174O17P2. The molecule has 0 aliphatic heterocycles. The van der Waals surface area contributed by atoms with Crippen LogP contribution in [-0.2, 0) is 65.4 Å². The Morgan fingerprint density at radius 2 is 0.426 bits per heavy atom. The van der Waals surface area contributed by atoms with Crippen molar-refractivity contribution in [2.45, 2.75) is 496 Å². The molecular weight excluding hydrogens is 1400 g/mol. The van der Waals surface area contributed by atoms with E-state index >= 15 is 0 Å². The summed E-state index contributed by atoms with van der Waals surface area (Å²) >= 11 is 0. The first-order valence-corrected chi connectivity index (χ1v) is 49.0. The molecule has 17 nitrogen and oxygen atoms in total. The zero-order valence-electron chi connectivity index (χ0n) is 71.2. The van der Waals surface area contributed by atoms with E-state index in [1.54, 1.807) is 0 Å². The fourth-order valence-electron chi connectivity index (χ4n) is 14.0. The number of carbonyl (C=O) groups is 4. The quantitative estimate of drug-likeness (QED) is 0.0222. The first-order chi connectivity index (χ1) is 52.4. The van der Waals surface area contributed by atoms with Gasteiger partial charge in [-0.25, -0.2) is 9.13 Å². The lowest BCUT2D eigenvalue weighted by Gasteiger charge is -2.21. The minimum atomic E-state index is -4.97. The van der Waals surface area contributed by atoms with E-state index in [1.807, 2.05) is 0 Å². The van der Waals surface area contributed by atoms with Crippen LogP contribution in [0.3, 0.4) is 0 Å². The van der Waals surface area contributed by atoms with Crippen LogP contribution < -0.4 is 0 Å². The van der Waals surface area contributed by atoms with Crippen LogP contribution >= 0.6 is 15.6 Å². The molecule has 0 amide bonds. The Kier molecular flexibility index (Phi) is 78.8. The number of esters is 4. The fourth-order valence-corrected chi connectivity index (χ4v) is 15.5. The highest BCUT2D eigenvalue weighted by molar-refractivity contribution is 7.47. The van der Waals surface area contributed by atoms with Gasteiger partial charge in [-0.1, -0.05) is 427 Å². The highest BCUT2D eigenvalue weighted by atomic mass is 31.2. The van der Waals surface area contributed by atoms with E-state index in [0.29, 0.717) is 25.7 Å². The number of unbranched alkanes of at least 4 members (excludes halogenated alkanes) is 58. The normalized spacial score (nSPS) is 13.8. The minimum absolute atomic E-state index is 0.106. The molecule has 0 fully saturated rings. The second-order valence-corrected chi connectivity index (χ2v) is 35.8. The number of phosphoric acid groups is 2. The molecule has 642 valence electrons. The van der Waals surface area contributed by atoms with Crippen LogP contribution in [0.1, 0.15) is 478 Å². The number of rotatable bonds is 88. The number of aliphatic hydroxyl groups is 1. The number of ether oxygens (including phenoxy) is 4. The van der Waals surface area contributed by atoms with Gasteiger partial charge in [0, 0.05) is 25.7 Å². The van der Waals surface area contributed by atoms with E-state index in [-0.39, 0.29) is 25.7 Å². The topological polar surface area (TPSA) is 237 Å². The second kappa shape index (κ2) is 80.3. The number of carbonyl (C=O) groups excluding carboxylic acids is 4. The summed E-state index contributed by atoms with van der Waals surface area (Å²) in [6.45, 7) is 9.66. The number of aliphatic hydroxyl groups excluding tert-OH is 1. The Balaban J connectivity index is 5.23. The average Bonchev–Trinajstić information content (AvgIpc) is 0.901. The van der Waals surface area contributed by atoms with Gasteiger partial charge in [0.2, 0.25) is 0 Å². The maximum absolute atomic E-state index is 13.2. The van der Waals surface area contributed by atoms with Crippen molar-refractivity contribution < 1.29 is 80.2 Å². The Labute approximate surface area is 664 Å².